The molecule has 2 aliphatic carbocycles. The Morgan fingerprint density at radius 3 is 1.91 bits per heavy atom. The summed E-state index contributed by atoms with van der Waals surface area (Å²) in [5, 5.41) is 0. The number of hydrogen-bond donors (Lipinski definition) is 0. The predicted octanol–water partition coefficient (Wildman–Crippen LogP) is 8.51. The molecule has 2 saturated carbocycles. The summed E-state index contributed by atoms with van der Waals surface area (Å²) < 4.78 is 51.4. The van der Waals surface area contributed by atoms with Gasteiger partial charge in [0.1, 0.15) is 6.67 Å². The van der Waals surface area contributed by atoms with Crippen LogP contribution >= 0.6 is 0 Å². The van der Waals surface area contributed by atoms with Gasteiger partial charge in [-0.3, -0.25) is 0 Å². The highest BCUT2D eigenvalue weighted by Crippen LogP contribution is 2.44. The fraction of sp³-hybridized carbons (Fsp3) is 0.533. The Kier molecular flexibility index (Phi) is 9.17. The third kappa shape index (κ3) is 6.62. The number of ether oxygens (including phenoxy) is 2. The van der Waals surface area contributed by atoms with E-state index in [0.717, 1.165) is 30.2 Å². The van der Waals surface area contributed by atoms with Crippen LogP contribution < -0.4 is 9.47 Å². The molecule has 2 aromatic rings. The monoisotopic (exact) mass is 486 g/mol. The summed E-state index contributed by atoms with van der Waals surface area (Å²) in [6, 6.07) is 11.5. The molecule has 0 saturated heterocycles. The molecule has 0 atom stereocenters. The van der Waals surface area contributed by atoms with Crippen molar-refractivity contribution in [2.75, 3.05) is 19.9 Å². The van der Waals surface area contributed by atoms with Gasteiger partial charge in [0, 0.05) is 0 Å². The third-order valence-corrected chi connectivity index (χ3v) is 7.92. The Morgan fingerprint density at radius 2 is 1.34 bits per heavy atom. The summed E-state index contributed by atoms with van der Waals surface area (Å²) in [5.41, 5.74) is 2.45. The maximum atomic E-state index is 14.3. The zero-order valence-electron chi connectivity index (χ0n) is 20.7. The Hall–Kier alpha value is -2.43. The van der Waals surface area contributed by atoms with Gasteiger partial charge in [0.2, 0.25) is 11.6 Å². The van der Waals surface area contributed by atoms with Crippen LogP contribution in [0.2, 0.25) is 0 Å². The minimum absolute atomic E-state index is 0.0298. The van der Waals surface area contributed by atoms with Gasteiger partial charge in [0.05, 0.1) is 13.2 Å². The molecule has 2 fully saturated rings. The highest BCUT2D eigenvalue weighted by Gasteiger charge is 2.31. The largest absolute Gasteiger partial charge is 0.491 e. The molecular weight excluding hydrogens is 449 g/mol. The van der Waals surface area contributed by atoms with E-state index in [1.807, 2.05) is 6.08 Å². The fourth-order valence-electron chi connectivity index (χ4n) is 5.91. The number of benzene rings is 2. The van der Waals surface area contributed by atoms with Crippen molar-refractivity contribution >= 4 is 6.08 Å². The van der Waals surface area contributed by atoms with Gasteiger partial charge in [0.15, 0.2) is 11.5 Å². The van der Waals surface area contributed by atoms with Gasteiger partial charge in [-0.2, -0.15) is 8.78 Å². The molecule has 4 rings (SSSR count). The number of alkyl halides is 1. The van der Waals surface area contributed by atoms with Crippen molar-refractivity contribution in [3.63, 3.8) is 0 Å². The molecule has 0 spiro atoms. The quantitative estimate of drug-likeness (QED) is 0.354. The summed E-state index contributed by atoms with van der Waals surface area (Å²) in [7, 11) is 0. The molecule has 0 N–H and O–H groups in total. The van der Waals surface area contributed by atoms with Crippen molar-refractivity contribution in [2.45, 2.75) is 64.2 Å². The van der Waals surface area contributed by atoms with E-state index in [-0.39, 0.29) is 18.1 Å². The fourth-order valence-corrected chi connectivity index (χ4v) is 5.91. The lowest BCUT2D eigenvalue weighted by molar-refractivity contribution is 0.129. The number of rotatable bonds is 9. The van der Waals surface area contributed by atoms with Crippen molar-refractivity contribution < 1.29 is 22.6 Å². The SMILES string of the molecule is CCOc1ccc(OCC2CCC(C3CCC(c4ccc(C=CCF)cc4)CC3)CC2)c(F)c1F. The molecule has 0 radical (unpaired) electrons. The minimum Gasteiger partial charge on any atom is -0.491 e. The van der Waals surface area contributed by atoms with E-state index < -0.39 is 18.3 Å². The zero-order chi connectivity index (χ0) is 24.6. The van der Waals surface area contributed by atoms with Crippen molar-refractivity contribution in [1.29, 1.82) is 0 Å². The van der Waals surface area contributed by atoms with Gasteiger partial charge in [-0.25, -0.2) is 4.39 Å². The summed E-state index contributed by atoms with van der Waals surface area (Å²) in [5.74, 6) is 0.521. The van der Waals surface area contributed by atoms with Crippen LogP contribution in [0.3, 0.4) is 0 Å². The zero-order valence-corrected chi connectivity index (χ0v) is 20.7. The molecule has 2 nitrogen and oxygen atoms in total. The second-order valence-corrected chi connectivity index (χ2v) is 10.0. The highest BCUT2D eigenvalue weighted by atomic mass is 19.2. The van der Waals surface area contributed by atoms with Crippen LogP contribution in [0.1, 0.15) is 75.3 Å². The molecule has 0 heterocycles. The smallest absolute Gasteiger partial charge is 0.204 e. The van der Waals surface area contributed by atoms with E-state index in [2.05, 4.69) is 24.3 Å². The predicted molar refractivity (Wildman–Crippen MR) is 135 cm³/mol. The van der Waals surface area contributed by atoms with Gasteiger partial charge in [-0.15, -0.1) is 0 Å². The molecule has 0 aromatic heterocycles. The number of allylic oxidation sites excluding steroid dienone is 1. The first-order valence-electron chi connectivity index (χ1n) is 13.1. The van der Waals surface area contributed by atoms with Gasteiger partial charge in [-0.1, -0.05) is 36.4 Å². The van der Waals surface area contributed by atoms with Crippen LogP contribution in [-0.2, 0) is 0 Å². The number of halogens is 3. The summed E-state index contributed by atoms with van der Waals surface area (Å²) in [6.45, 7) is 2.02. The normalized spacial score (nSPS) is 25.0. The Labute approximate surface area is 207 Å². The van der Waals surface area contributed by atoms with Gasteiger partial charge in [-0.05, 0) is 105 Å². The average molecular weight is 487 g/mol. The molecule has 190 valence electrons. The molecule has 5 heteroatoms. The lowest BCUT2D eigenvalue weighted by Crippen LogP contribution is -2.27. The molecule has 2 aliphatic rings. The molecule has 0 unspecified atom stereocenters. The van der Waals surface area contributed by atoms with Gasteiger partial charge in [0.25, 0.3) is 0 Å². The van der Waals surface area contributed by atoms with Gasteiger partial charge < -0.3 is 9.47 Å². The van der Waals surface area contributed by atoms with Crippen LogP contribution in [0, 0.1) is 29.4 Å². The Morgan fingerprint density at radius 1 is 0.771 bits per heavy atom. The van der Waals surface area contributed by atoms with E-state index in [1.54, 1.807) is 13.0 Å². The van der Waals surface area contributed by atoms with Crippen LogP contribution in [0.5, 0.6) is 11.5 Å². The van der Waals surface area contributed by atoms with Crippen molar-refractivity contribution in [2.24, 2.45) is 17.8 Å². The molecular formula is C30H37F3O2. The second kappa shape index (κ2) is 12.5. The molecule has 0 amide bonds. The molecule has 35 heavy (non-hydrogen) atoms. The number of hydrogen-bond acceptors (Lipinski definition) is 2. The summed E-state index contributed by atoms with van der Waals surface area (Å²) >= 11 is 0. The first-order chi connectivity index (χ1) is 17.1. The second-order valence-electron chi connectivity index (χ2n) is 10.0. The van der Waals surface area contributed by atoms with Crippen molar-refractivity contribution in [1.82, 2.24) is 0 Å². The van der Waals surface area contributed by atoms with E-state index in [4.69, 9.17) is 9.47 Å². The van der Waals surface area contributed by atoms with Crippen LogP contribution in [0.25, 0.3) is 6.08 Å². The maximum absolute atomic E-state index is 14.3. The lowest BCUT2D eigenvalue weighted by Gasteiger charge is -2.38. The lowest BCUT2D eigenvalue weighted by atomic mass is 9.68. The van der Waals surface area contributed by atoms with Gasteiger partial charge >= 0.3 is 0 Å². The first kappa shape index (κ1) is 25.7. The topological polar surface area (TPSA) is 18.5 Å². The molecule has 2 aromatic carbocycles. The van der Waals surface area contributed by atoms with Crippen LogP contribution in [0.4, 0.5) is 13.2 Å². The van der Waals surface area contributed by atoms with E-state index in [1.165, 1.54) is 56.2 Å². The Balaban J connectivity index is 1.20. The van der Waals surface area contributed by atoms with E-state index in [9.17, 15) is 13.2 Å². The first-order valence-corrected chi connectivity index (χ1v) is 13.1. The van der Waals surface area contributed by atoms with E-state index >= 15 is 0 Å². The average Bonchev–Trinajstić information content (AvgIpc) is 2.90. The van der Waals surface area contributed by atoms with Crippen LogP contribution in [-0.4, -0.2) is 19.9 Å². The maximum Gasteiger partial charge on any atom is 0.204 e. The summed E-state index contributed by atoms with van der Waals surface area (Å²) in [4.78, 5) is 0. The van der Waals surface area contributed by atoms with Crippen molar-refractivity contribution in [3.8, 4) is 11.5 Å². The Bertz CT molecular complexity index is 956. The third-order valence-electron chi connectivity index (χ3n) is 7.92. The molecule has 0 aliphatic heterocycles. The highest BCUT2D eigenvalue weighted by molar-refractivity contribution is 5.50. The van der Waals surface area contributed by atoms with E-state index in [0.29, 0.717) is 18.4 Å². The minimum atomic E-state index is -0.978. The van der Waals surface area contributed by atoms with Crippen LogP contribution in [0.15, 0.2) is 42.5 Å². The molecule has 0 bridgehead atoms. The van der Waals surface area contributed by atoms with Crippen molar-refractivity contribution in [3.05, 3.63) is 65.2 Å². The summed E-state index contributed by atoms with van der Waals surface area (Å²) in [6.07, 6.45) is 12.9. The standard InChI is InChI=1S/C30H37F3O2/c1-2-34-27-17-18-28(30(33)29(27)32)35-20-22-7-11-24(12-8-22)26-15-13-25(14-16-26)23-9-5-21(6-10-23)4-3-19-31/h3-6,9-10,17-18,22,24-26H,2,7-8,11-16,19-20H2,1H3.